The van der Waals surface area contributed by atoms with Crippen molar-refractivity contribution < 1.29 is 14.1 Å². The van der Waals surface area contributed by atoms with E-state index in [9.17, 15) is 9.41 Å². The van der Waals surface area contributed by atoms with Crippen LogP contribution in [0, 0.1) is 5.82 Å². The molecule has 3 nitrogen and oxygen atoms in total. The largest absolute Gasteiger partial charge is 0.492 e. The molecule has 1 aliphatic heterocycles. The Kier molecular flexibility index (Phi) is 1.78. The van der Waals surface area contributed by atoms with E-state index in [0.29, 0.717) is 16.7 Å². The number of fused-ring (bicyclic) bond motifs is 1. The summed E-state index contributed by atoms with van der Waals surface area (Å²) in [7, 11) is -1.05. The van der Waals surface area contributed by atoms with Crippen LogP contribution < -0.4 is 11.2 Å². The van der Waals surface area contributed by atoms with Crippen molar-refractivity contribution >= 4 is 18.3 Å². The molecule has 13 heavy (non-hydrogen) atoms. The Morgan fingerprint density at radius 2 is 2.31 bits per heavy atom. The van der Waals surface area contributed by atoms with Crippen LogP contribution in [-0.4, -0.2) is 12.1 Å². The molecule has 0 aliphatic carbocycles. The molecule has 0 aromatic heterocycles. The molecule has 1 unspecified atom stereocenters. The highest BCUT2D eigenvalue weighted by atomic mass is 19.1. The Morgan fingerprint density at radius 1 is 1.62 bits per heavy atom. The van der Waals surface area contributed by atoms with Gasteiger partial charge < -0.3 is 15.4 Å². The first-order valence-electron chi connectivity index (χ1n) is 4.02. The first kappa shape index (κ1) is 8.53. The standard InChI is InChI=1S/C8H9BFNO2/c1-4-8-6(9(12)13-4)2-5(11)3-7(8)10/h2-4,12H,11H2,1H3. The van der Waals surface area contributed by atoms with Gasteiger partial charge >= 0.3 is 7.12 Å². The fourth-order valence-electron chi connectivity index (χ4n) is 1.63. The summed E-state index contributed by atoms with van der Waals surface area (Å²) in [5.74, 6) is -0.418. The summed E-state index contributed by atoms with van der Waals surface area (Å²) in [5, 5.41) is 9.36. The van der Waals surface area contributed by atoms with Gasteiger partial charge in [0, 0.05) is 11.3 Å². The zero-order valence-corrected chi connectivity index (χ0v) is 7.12. The lowest BCUT2D eigenvalue weighted by molar-refractivity contribution is 0.205. The van der Waals surface area contributed by atoms with Gasteiger partial charge in [0.25, 0.3) is 0 Å². The molecule has 5 heteroatoms. The molecular weight excluding hydrogens is 172 g/mol. The normalized spacial score (nSPS) is 20.5. The van der Waals surface area contributed by atoms with Crippen LogP contribution in [0.3, 0.4) is 0 Å². The maximum absolute atomic E-state index is 13.3. The van der Waals surface area contributed by atoms with Crippen molar-refractivity contribution in [1.29, 1.82) is 0 Å². The molecule has 1 atom stereocenters. The highest BCUT2D eigenvalue weighted by molar-refractivity contribution is 6.61. The van der Waals surface area contributed by atoms with Gasteiger partial charge in [-0.25, -0.2) is 4.39 Å². The Hall–Kier alpha value is -1.07. The van der Waals surface area contributed by atoms with E-state index in [1.165, 1.54) is 12.1 Å². The fraction of sp³-hybridized carbons (Fsp3) is 0.250. The Labute approximate surface area is 75.5 Å². The lowest BCUT2D eigenvalue weighted by atomic mass is 9.79. The number of hydrogen-bond acceptors (Lipinski definition) is 3. The molecular formula is C8H9BFNO2. The van der Waals surface area contributed by atoms with Gasteiger partial charge in [-0.05, 0) is 24.5 Å². The topological polar surface area (TPSA) is 55.5 Å². The van der Waals surface area contributed by atoms with Crippen molar-refractivity contribution in [3.05, 3.63) is 23.5 Å². The quantitative estimate of drug-likeness (QED) is 0.443. The van der Waals surface area contributed by atoms with E-state index in [0.717, 1.165) is 0 Å². The summed E-state index contributed by atoms with van der Waals surface area (Å²) in [6.07, 6.45) is -0.411. The van der Waals surface area contributed by atoms with Crippen LogP contribution in [0.4, 0.5) is 10.1 Å². The first-order chi connectivity index (χ1) is 6.09. The number of benzene rings is 1. The predicted molar refractivity (Wildman–Crippen MR) is 47.9 cm³/mol. The smallest absolute Gasteiger partial charge is 0.423 e. The minimum Gasteiger partial charge on any atom is -0.423 e. The van der Waals surface area contributed by atoms with Gasteiger partial charge in [-0.2, -0.15) is 0 Å². The van der Waals surface area contributed by atoms with Crippen LogP contribution in [0.2, 0.25) is 0 Å². The average Bonchev–Trinajstić information content (AvgIpc) is 2.27. The SMILES string of the molecule is CC1OB(O)c2cc(N)cc(F)c21. The maximum atomic E-state index is 13.3. The molecule has 2 rings (SSSR count). The number of hydrogen-bond donors (Lipinski definition) is 2. The molecule has 1 aromatic carbocycles. The molecule has 1 heterocycles. The van der Waals surface area contributed by atoms with Crippen molar-refractivity contribution in [2.75, 3.05) is 5.73 Å². The second kappa shape index (κ2) is 2.72. The Balaban J connectivity index is 2.63. The van der Waals surface area contributed by atoms with Crippen molar-refractivity contribution in [2.45, 2.75) is 13.0 Å². The number of halogens is 1. The monoisotopic (exact) mass is 181 g/mol. The van der Waals surface area contributed by atoms with Crippen LogP contribution in [0.5, 0.6) is 0 Å². The third kappa shape index (κ3) is 1.20. The number of nitrogens with two attached hydrogens (primary N) is 1. The molecule has 3 N–H and O–H groups in total. The molecule has 0 saturated carbocycles. The van der Waals surface area contributed by atoms with E-state index >= 15 is 0 Å². The van der Waals surface area contributed by atoms with Gasteiger partial charge in [-0.1, -0.05) is 0 Å². The van der Waals surface area contributed by atoms with Crippen molar-refractivity contribution in [3.63, 3.8) is 0 Å². The van der Waals surface area contributed by atoms with Crippen LogP contribution >= 0.6 is 0 Å². The summed E-state index contributed by atoms with van der Waals surface area (Å²) in [6, 6.07) is 2.77. The number of anilines is 1. The van der Waals surface area contributed by atoms with Crippen LogP contribution in [-0.2, 0) is 4.65 Å². The van der Waals surface area contributed by atoms with Gasteiger partial charge in [0.1, 0.15) is 5.82 Å². The molecule has 0 amide bonds. The van der Waals surface area contributed by atoms with E-state index in [2.05, 4.69) is 0 Å². The van der Waals surface area contributed by atoms with E-state index in [1.807, 2.05) is 0 Å². The van der Waals surface area contributed by atoms with Gasteiger partial charge in [0.2, 0.25) is 0 Å². The highest BCUT2D eigenvalue weighted by Gasteiger charge is 2.35. The summed E-state index contributed by atoms with van der Waals surface area (Å²) in [4.78, 5) is 0. The molecule has 0 fully saturated rings. The molecule has 0 radical (unpaired) electrons. The van der Waals surface area contributed by atoms with Gasteiger partial charge in [0.05, 0.1) is 6.10 Å². The molecule has 0 bridgehead atoms. The van der Waals surface area contributed by atoms with Crippen LogP contribution in [0.15, 0.2) is 12.1 Å². The summed E-state index contributed by atoms with van der Waals surface area (Å²) < 4.78 is 18.3. The molecule has 0 saturated heterocycles. The second-order valence-corrected chi connectivity index (χ2v) is 3.14. The van der Waals surface area contributed by atoms with Crippen molar-refractivity contribution in [1.82, 2.24) is 0 Å². The third-order valence-corrected chi connectivity index (χ3v) is 2.19. The van der Waals surface area contributed by atoms with E-state index in [1.54, 1.807) is 6.92 Å². The predicted octanol–water partition coefficient (Wildman–Crippen LogP) is 0.187. The maximum Gasteiger partial charge on any atom is 0.492 e. The molecule has 68 valence electrons. The third-order valence-electron chi connectivity index (χ3n) is 2.19. The summed E-state index contributed by atoms with van der Waals surface area (Å²) >= 11 is 0. The fourth-order valence-corrected chi connectivity index (χ4v) is 1.63. The Morgan fingerprint density at radius 3 is 3.00 bits per heavy atom. The lowest BCUT2D eigenvalue weighted by Gasteiger charge is -2.05. The molecule has 1 aliphatic rings. The molecule has 1 aromatic rings. The van der Waals surface area contributed by atoms with E-state index in [4.69, 9.17) is 10.4 Å². The summed E-state index contributed by atoms with van der Waals surface area (Å²) in [5.41, 5.74) is 6.57. The molecule has 0 spiro atoms. The van der Waals surface area contributed by atoms with Gasteiger partial charge in [-0.15, -0.1) is 0 Å². The second-order valence-electron chi connectivity index (χ2n) is 3.14. The van der Waals surface area contributed by atoms with Gasteiger partial charge in [-0.3, -0.25) is 0 Å². The van der Waals surface area contributed by atoms with Crippen LogP contribution in [0.25, 0.3) is 0 Å². The zero-order valence-electron chi connectivity index (χ0n) is 7.12. The number of nitrogen functional groups attached to an aromatic ring is 1. The lowest BCUT2D eigenvalue weighted by Crippen LogP contribution is -2.28. The average molecular weight is 181 g/mol. The number of rotatable bonds is 0. The minimum atomic E-state index is -1.05. The zero-order chi connectivity index (χ0) is 9.59. The van der Waals surface area contributed by atoms with Gasteiger partial charge in [0.15, 0.2) is 0 Å². The van der Waals surface area contributed by atoms with E-state index < -0.39 is 19.0 Å². The van der Waals surface area contributed by atoms with E-state index in [-0.39, 0.29) is 0 Å². The first-order valence-corrected chi connectivity index (χ1v) is 4.02. The van der Waals surface area contributed by atoms with Crippen molar-refractivity contribution in [3.8, 4) is 0 Å². The summed E-state index contributed by atoms with van der Waals surface area (Å²) in [6.45, 7) is 1.69. The Bertz CT molecular complexity index is 358. The minimum absolute atomic E-state index is 0.299. The van der Waals surface area contributed by atoms with Crippen molar-refractivity contribution in [2.24, 2.45) is 0 Å². The van der Waals surface area contributed by atoms with Crippen LogP contribution in [0.1, 0.15) is 18.6 Å². The highest BCUT2D eigenvalue weighted by Crippen LogP contribution is 2.26.